The maximum Gasteiger partial charge on any atom is 0.277 e. The summed E-state index contributed by atoms with van der Waals surface area (Å²) in [7, 11) is -3.63. The first kappa shape index (κ1) is 15.7. The molecule has 0 spiro atoms. The van der Waals surface area contributed by atoms with E-state index in [0.717, 1.165) is 25.8 Å². The minimum atomic E-state index is -3.63. The van der Waals surface area contributed by atoms with Crippen molar-refractivity contribution >= 4 is 16.1 Å². The van der Waals surface area contributed by atoms with Crippen molar-refractivity contribution in [2.75, 3.05) is 32.7 Å². The van der Waals surface area contributed by atoms with Crippen LogP contribution in [0.25, 0.3) is 0 Å². The normalized spacial score (nSPS) is 29.4. The summed E-state index contributed by atoms with van der Waals surface area (Å²) in [5.41, 5.74) is 0. The maximum atomic E-state index is 12.4. The molecule has 0 aromatic carbocycles. The van der Waals surface area contributed by atoms with Crippen LogP contribution in [-0.4, -0.2) is 62.3 Å². The first-order valence-electron chi connectivity index (χ1n) is 7.22. The second-order valence-electron chi connectivity index (χ2n) is 5.57. The van der Waals surface area contributed by atoms with Crippen LogP contribution >= 0.6 is 0 Å². The molecule has 2 atom stereocenters. The van der Waals surface area contributed by atoms with Crippen molar-refractivity contribution in [1.82, 2.24) is 14.5 Å². The molecule has 0 aromatic rings. The molecule has 2 heterocycles. The molecule has 8 heteroatoms. The number of hydrogen-bond donors (Lipinski definition) is 2. The van der Waals surface area contributed by atoms with E-state index in [9.17, 15) is 13.2 Å². The number of amides is 1. The first-order chi connectivity index (χ1) is 9.41. The van der Waals surface area contributed by atoms with Gasteiger partial charge in [0.1, 0.15) is 0 Å². The van der Waals surface area contributed by atoms with Gasteiger partial charge in [-0.3, -0.25) is 4.79 Å². The quantitative estimate of drug-likeness (QED) is 0.707. The maximum absolute atomic E-state index is 12.4. The zero-order chi connectivity index (χ0) is 14.8. The summed E-state index contributed by atoms with van der Waals surface area (Å²) >= 11 is 0. The zero-order valence-corrected chi connectivity index (χ0v) is 12.7. The molecule has 2 fully saturated rings. The van der Waals surface area contributed by atoms with Gasteiger partial charge in [0.2, 0.25) is 5.91 Å². The summed E-state index contributed by atoms with van der Waals surface area (Å²) in [5, 5.41) is 8.37. The molecule has 2 saturated heterocycles. The van der Waals surface area contributed by atoms with Crippen molar-refractivity contribution in [3.05, 3.63) is 0 Å². The fraction of sp³-hybridized carbons (Fsp3) is 0.917. The second-order valence-corrected chi connectivity index (χ2v) is 7.12. The molecule has 2 aliphatic heterocycles. The number of nitrogens with zero attached hydrogens (tertiary/aromatic N) is 2. The molecular formula is C12H24N4O3S. The lowest BCUT2D eigenvalue weighted by atomic mass is 9.90. The van der Waals surface area contributed by atoms with Gasteiger partial charge in [0.15, 0.2) is 0 Å². The van der Waals surface area contributed by atoms with Crippen LogP contribution < -0.4 is 10.5 Å². The Kier molecular flexibility index (Phi) is 5.00. The van der Waals surface area contributed by atoms with Gasteiger partial charge in [0.25, 0.3) is 10.2 Å². The van der Waals surface area contributed by atoms with Crippen LogP contribution in [0.5, 0.6) is 0 Å². The molecule has 2 unspecified atom stereocenters. The van der Waals surface area contributed by atoms with Gasteiger partial charge >= 0.3 is 0 Å². The Morgan fingerprint density at radius 1 is 1.30 bits per heavy atom. The van der Waals surface area contributed by atoms with Gasteiger partial charge in [-0.05, 0) is 25.3 Å². The van der Waals surface area contributed by atoms with Crippen molar-refractivity contribution in [1.29, 1.82) is 0 Å². The predicted molar refractivity (Wildman–Crippen MR) is 76.1 cm³/mol. The Bertz CT molecular complexity index is 446. The number of piperidine rings is 1. The number of nitrogens with one attached hydrogen (secondary N) is 1. The highest BCUT2D eigenvalue weighted by molar-refractivity contribution is 7.86. The van der Waals surface area contributed by atoms with E-state index in [-0.39, 0.29) is 25.0 Å². The molecule has 0 bridgehead atoms. The van der Waals surface area contributed by atoms with E-state index >= 15 is 0 Å². The molecular weight excluding hydrogens is 280 g/mol. The Balaban J connectivity index is 1.88. The first-order valence-corrected chi connectivity index (χ1v) is 8.72. The van der Waals surface area contributed by atoms with E-state index in [1.165, 1.54) is 4.31 Å². The average molecular weight is 304 g/mol. The van der Waals surface area contributed by atoms with Gasteiger partial charge in [0, 0.05) is 26.2 Å². The molecule has 3 N–H and O–H groups in total. The molecule has 0 aromatic heterocycles. The third-order valence-corrected chi connectivity index (χ3v) is 5.38. The Morgan fingerprint density at radius 3 is 2.50 bits per heavy atom. The molecule has 1 amide bonds. The molecule has 0 saturated carbocycles. The smallest absolute Gasteiger partial charge is 0.277 e. The van der Waals surface area contributed by atoms with Gasteiger partial charge in [-0.2, -0.15) is 12.7 Å². The van der Waals surface area contributed by atoms with Crippen LogP contribution in [0.1, 0.15) is 26.2 Å². The highest BCUT2D eigenvalue weighted by Crippen LogP contribution is 2.21. The van der Waals surface area contributed by atoms with E-state index < -0.39 is 10.2 Å². The SMILES string of the molecule is CCC1CCNC(C(=O)N2CCN(S(N)(=O)=O)CC2)C1. The summed E-state index contributed by atoms with van der Waals surface area (Å²) < 4.78 is 23.7. The summed E-state index contributed by atoms with van der Waals surface area (Å²) in [6, 6.07) is -0.116. The molecule has 2 rings (SSSR count). The molecule has 116 valence electrons. The third kappa shape index (κ3) is 3.69. The van der Waals surface area contributed by atoms with Crippen LogP contribution in [-0.2, 0) is 15.0 Å². The summed E-state index contributed by atoms with van der Waals surface area (Å²) in [6.07, 6.45) is 3.11. The topological polar surface area (TPSA) is 95.7 Å². The standard InChI is InChI=1S/C12H24N4O3S/c1-2-10-3-4-14-11(9-10)12(17)15-5-7-16(8-6-15)20(13,18)19/h10-11,14H,2-9H2,1H3,(H2,13,18,19). The van der Waals surface area contributed by atoms with Crippen molar-refractivity contribution < 1.29 is 13.2 Å². The van der Waals surface area contributed by atoms with Crippen LogP contribution in [0.2, 0.25) is 0 Å². The highest BCUT2D eigenvalue weighted by Gasteiger charge is 2.32. The van der Waals surface area contributed by atoms with Crippen LogP contribution in [0, 0.1) is 5.92 Å². The number of hydrogen-bond acceptors (Lipinski definition) is 4. The molecule has 0 aliphatic carbocycles. The predicted octanol–water partition coefficient (Wildman–Crippen LogP) is -0.888. The highest BCUT2D eigenvalue weighted by atomic mass is 32.2. The molecule has 2 aliphatic rings. The van der Waals surface area contributed by atoms with Gasteiger partial charge in [0.05, 0.1) is 6.04 Å². The Labute approximate surface area is 120 Å². The lowest BCUT2D eigenvalue weighted by molar-refractivity contribution is -0.135. The lowest BCUT2D eigenvalue weighted by Gasteiger charge is -2.37. The Hall–Kier alpha value is -0.700. The largest absolute Gasteiger partial charge is 0.339 e. The monoisotopic (exact) mass is 304 g/mol. The number of rotatable bonds is 3. The van der Waals surface area contributed by atoms with Crippen molar-refractivity contribution in [3.63, 3.8) is 0 Å². The van der Waals surface area contributed by atoms with E-state index in [2.05, 4.69) is 12.2 Å². The Morgan fingerprint density at radius 2 is 1.95 bits per heavy atom. The fourth-order valence-corrected chi connectivity index (χ4v) is 3.61. The van der Waals surface area contributed by atoms with Crippen LogP contribution in [0.3, 0.4) is 0 Å². The van der Waals surface area contributed by atoms with Gasteiger partial charge in [-0.15, -0.1) is 0 Å². The van der Waals surface area contributed by atoms with Gasteiger partial charge in [-0.25, -0.2) is 5.14 Å². The van der Waals surface area contributed by atoms with E-state index in [0.29, 0.717) is 19.0 Å². The number of piperazine rings is 1. The average Bonchev–Trinajstić information content (AvgIpc) is 2.46. The number of carbonyl (C=O) groups is 1. The summed E-state index contributed by atoms with van der Waals surface area (Å²) in [4.78, 5) is 14.2. The molecule has 20 heavy (non-hydrogen) atoms. The van der Waals surface area contributed by atoms with Crippen LogP contribution in [0.15, 0.2) is 0 Å². The van der Waals surface area contributed by atoms with Crippen molar-refractivity contribution in [3.8, 4) is 0 Å². The zero-order valence-electron chi connectivity index (χ0n) is 11.9. The minimum Gasteiger partial charge on any atom is -0.339 e. The van der Waals surface area contributed by atoms with E-state index in [4.69, 9.17) is 5.14 Å². The van der Waals surface area contributed by atoms with Crippen LogP contribution in [0.4, 0.5) is 0 Å². The van der Waals surface area contributed by atoms with Gasteiger partial charge in [-0.1, -0.05) is 13.3 Å². The fourth-order valence-electron chi connectivity index (χ4n) is 2.94. The summed E-state index contributed by atoms with van der Waals surface area (Å²) in [5.74, 6) is 0.702. The van der Waals surface area contributed by atoms with E-state index in [1.54, 1.807) is 4.90 Å². The molecule has 0 radical (unpaired) electrons. The minimum absolute atomic E-state index is 0.0946. The second kappa shape index (κ2) is 6.38. The summed E-state index contributed by atoms with van der Waals surface area (Å²) in [6.45, 7) is 4.45. The van der Waals surface area contributed by atoms with Crippen molar-refractivity contribution in [2.24, 2.45) is 11.1 Å². The number of carbonyl (C=O) groups excluding carboxylic acids is 1. The molecule has 7 nitrogen and oxygen atoms in total. The third-order valence-electron chi connectivity index (χ3n) is 4.30. The number of nitrogens with two attached hydrogens (primary N) is 1. The van der Waals surface area contributed by atoms with Crippen molar-refractivity contribution in [2.45, 2.75) is 32.2 Å². The lowest BCUT2D eigenvalue weighted by Crippen LogP contribution is -2.57. The van der Waals surface area contributed by atoms with Gasteiger partial charge < -0.3 is 10.2 Å². The van der Waals surface area contributed by atoms with E-state index in [1.807, 2.05) is 0 Å².